The Hall–Kier alpha value is -3.40. The number of benzene rings is 2. The van der Waals surface area contributed by atoms with Crippen molar-refractivity contribution in [2.24, 2.45) is 7.05 Å². The molecule has 0 aliphatic heterocycles. The summed E-state index contributed by atoms with van der Waals surface area (Å²) in [4.78, 5) is 23.1. The van der Waals surface area contributed by atoms with Crippen LogP contribution in [0.1, 0.15) is 5.56 Å². The summed E-state index contributed by atoms with van der Waals surface area (Å²) in [5, 5.41) is 20.6. The fraction of sp³-hybridized carbons (Fsp3) is 0.167. The lowest BCUT2D eigenvalue weighted by atomic mass is 10.2. The molecule has 0 aliphatic carbocycles. The predicted molar refractivity (Wildman–Crippen MR) is 105 cm³/mol. The molecule has 10 heteroatoms. The molecule has 0 spiro atoms. The number of hydrogen-bond donors (Lipinski definition) is 0. The Kier molecular flexibility index (Phi) is 4.47. The Morgan fingerprint density at radius 2 is 2.00 bits per heavy atom. The molecule has 0 amide bonds. The fourth-order valence-electron chi connectivity index (χ4n) is 3.04. The van der Waals surface area contributed by atoms with Crippen LogP contribution >= 0.6 is 11.8 Å². The number of para-hydroxylation sites is 1. The molecular formula is C18H15N5O4S. The van der Waals surface area contributed by atoms with Gasteiger partial charge in [0.25, 0.3) is 11.2 Å². The number of fused-ring (bicyclic) bond motifs is 3. The summed E-state index contributed by atoms with van der Waals surface area (Å²) >= 11 is 1.36. The van der Waals surface area contributed by atoms with Crippen LogP contribution in [0.4, 0.5) is 5.69 Å². The highest BCUT2D eigenvalue weighted by Crippen LogP contribution is 2.31. The van der Waals surface area contributed by atoms with Crippen molar-refractivity contribution in [1.82, 2.24) is 19.2 Å². The van der Waals surface area contributed by atoms with Crippen LogP contribution < -0.4 is 10.3 Å². The Morgan fingerprint density at radius 1 is 1.21 bits per heavy atom. The van der Waals surface area contributed by atoms with Crippen LogP contribution in [0.2, 0.25) is 0 Å². The average molecular weight is 397 g/mol. The molecule has 0 saturated carbocycles. The average Bonchev–Trinajstić information content (AvgIpc) is 3.14. The first-order chi connectivity index (χ1) is 13.5. The molecular weight excluding hydrogens is 382 g/mol. The maximum absolute atomic E-state index is 12.5. The highest BCUT2D eigenvalue weighted by atomic mass is 32.2. The molecule has 0 bridgehead atoms. The lowest BCUT2D eigenvalue weighted by Gasteiger charge is -2.09. The second kappa shape index (κ2) is 6.97. The first kappa shape index (κ1) is 18.0. The number of aryl methyl sites for hydroxylation is 1. The molecule has 2 heterocycles. The minimum atomic E-state index is -0.441. The van der Waals surface area contributed by atoms with E-state index in [0.717, 1.165) is 0 Å². The third kappa shape index (κ3) is 2.87. The van der Waals surface area contributed by atoms with E-state index < -0.39 is 4.92 Å². The van der Waals surface area contributed by atoms with Gasteiger partial charge in [-0.25, -0.2) is 0 Å². The molecule has 0 aliphatic rings. The van der Waals surface area contributed by atoms with Crippen molar-refractivity contribution in [2.75, 3.05) is 7.11 Å². The molecule has 2 aromatic heterocycles. The van der Waals surface area contributed by atoms with Crippen LogP contribution in [0.25, 0.3) is 16.7 Å². The number of rotatable bonds is 5. The summed E-state index contributed by atoms with van der Waals surface area (Å²) in [7, 11) is 3.17. The van der Waals surface area contributed by atoms with Gasteiger partial charge in [-0.1, -0.05) is 23.9 Å². The highest BCUT2D eigenvalue weighted by Gasteiger charge is 2.17. The second-order valence-corrected chi connectivity index (χ2v) is 6.98. The van der Waals surface area contributed by atoms with E-state index in [9.17, 15) is 14.9 Å². The molecule has 9 nitrogen and oxygen atoms in total. The molecule has 4 aromatic rings. The Morgan fingerprint density at radius 3 is 2.75 bits per heavy atom. The molecule has 0 saturated heterocycles. The highest BCUT2D eigenvalue weighted by molar-refractivity contribution is 7.98. The van der Waals surface area contributed by atoms with Crippen LogP contribution in [-0.2, 0) is 12.8 Å². The van der Waals surface area contributed by atoms with Crippen molar-refractivity contribution in [3.8, 4) is 5.75 Å². The van der Waals surface area contributed by atoms with Gasteiger partial charge in [0.15, 0.2) is 5.16 Å². The molecule has 142 valence electrons. The number of thioether (sulfide) groups is 1. The van der Waals surface area contributed by atoms with Crippen LogP contribution in [-0.4, -0.2) is 31.2 Å². The monoisotopic (exact) mass is 397 g/mol. The third-order valence-electron chi connectivity index (χ3n) is 4.43. The van der Waals surface area contributed by atoms with E-state index in [-0.39, 0.29) is 11.2 Å². The van der Waals surface area contributed by atoms with Crippen molar-refractivity contribution < 1.29 is 9.66 Å². The number of hydrogen-bond acceptors (Lipinski definition) is 7. The van der Waals surface area contributed by atoms with Crippen molar-refractivity contribution in [1.29, 1.82) is 0 Å². The van der Waals surface area contributed by atoms with Gasteiger partial charge in [0, 0.05) is 30.5 Å². The Balaban J connectivity index is 1.79. The van der Waals surface area contributed by atoms with Gasteiger partial charge in [-0.15, -0.1) is 10.2 Å². The van der Waals surface area contributed by atoms with Gasteiger partial charge in [0.05, 0.1) is 22.9 Å². The zero-order chi connectivity index (χ0) is 19.8. The van der Waals surface area contributed by atoms with Gasteiger partial charge in [-0.05, 0) is 18.2 Å². The van der Waals surface area contributed by atoms with Gasteiger partial charge in [-0.3, -0.25) is 23.9 Å². The van der Waals surface area contributed by atoms with Gasteiger partial charge in [0.2, 0.25) is 5.78 Å². The number of non-ortho nitro benzene ring substituents is 1. The normalized spacial score (nSPS) is 11.2. The van der Waals surface area contributed by atoms with E-state index in [1.807, 2.05) is 16.5 Å². The molecule has 0 unspecified atom stereocenters. The van der Waals surface area contributed by atoms with Gasteiger partial charge >= 0.3 is 0 Å². The number of methoxy groups -OCH3 is 1. The van der Waals surface area contributed by atoms with E-state index in [2.05, 4.69) is 10.2 Å². The largest absolute Gasteiger partial charge is 0.496 e. The standard InChI is InChI=1S/C18H15N5O4S/c1-21-16(24)13-5-3-4-6-14(13)22-17(21)19-20-18(22)28-10-11-9-12(23(25)26)7-8-15(11)27-2/h3-9H,10H2,1-2H3. The lowest BCUT2D eigenvalue weighted by molar-refractivity contribution is -0.384. The fourth-order valence-corrected chi connectivity index (χ4v) is 3.96. The number of ether oxygens (including phenoxy) is 1. The summed E-state index contributed by atoms with van der Waals surface area (Å²) in [5.74, 6) is 1.38. The number of nitro benzene ring substituents is 1. The van der Waals surface area contributed by atoms with E-state index >= 15 is 0 Å². The topological polar surface area (TPSA) is 105 Å². The quantitative estimate of drug-likeness (QED) is 0.290. The molecule has 4 rings (SSSR count). The number of nitrogens with zero attached hydrogens (tertiary/aromatic N) is 5. The Labute approximate surface area is 162 Å². The summed E-state index contributed by atoms with van der Waals surface area (Å²) in [6.45, 7) is 0. The van der Waals surface area contributed by atoms with E-state index in [1.54, 1.807) is 25.2 Å². The molecule has 0 N–H and O–H groups in total. The molecule has 28 heavy (non-hydrogen) atoms. The van der Waals surface area contributed by atoms with Gasteiger partial charge in [0.1, 0.15) is 5.75 Å². The number of aromatic nitrogens is 4. The van der Waals surface area contributed by atoms with Crippen LogP contribution in [0.5, 0.6) is 5.75 Å². The first-order valence-corrected chi connectivity index (χ1v) is 9.27. The van der Waals surface area contributed by atoms with Crippen molar-refractivity contribution in [2.45, 2.75) is 10.9 Å². The smallest absolute Gasteiger partial charge is 0.270 e. The van der Waals surface area contributed by atoms with E-state index in [4.69, 9.17) is 4.74 Å². The maximum atomic E-state index is 12.5. The summed E-state index contributed by atoms with van der Waals surface area (Å²) in [5.41, 5.74) is 1.23. The van der Waals surface area contributed by atoms with Crippen LogP contribution in [0.15, 0.2) is 52.4 Å². The first-order valence-electron chi connectivity index (χ1n) is 8.28. The molecule has 0 fully saturated rings. The van der Waals surface area contributed by atoms with Crippen LogP contribution in [0.3, 0.4) is 0 Å². The zero-order valence-corrected chi connectivity index (χ0v) is 15.8. The van der Waals surface area contributed by atoms with Crippen molar-refractivity contribution >= 4 is 34.1 Å². The third-order valence-corrected chi connectivity index (χ3v) is 5.41. The molecule has 0 radical (unpaired) electrons. The lowest BCUT2D eigenvalue weighted by Crippen LogP contribution is -2.20. The number of nitro groups is 1. The molecule has 2 aromatic carbocycles. The zero-order valence-electron chi connectivity index (χ0n) is 15.0. The summed E-state index contributed by atoms with van der Waals surface area (Å²) < 4.78 is 8.58. The second-order valence-electron chi connectivity index (χ2n) is 6.04. The predicted octanol–water partition coefficient (Wildman–Crippen LogP) is 2.79. The van der Waals surface area contributed by atoms with E-state index in [1.165, 1.54) is 35.6 Å². The van der Waals surface area contributed by atoms with Crippen molar-refractivity contribution in [3.63, 3.8) is 0 Å². The Bertz CT molecular complexity index is 1280. The van der Waals surface area contributed by atoms with Gasteiger partial charge < -0.3 is 4.74 Å². The summed E-state index contributed by atoms with van der Waals surface area (Å²) in [6, 6.07) is 11.7. The maximum Gasteiger partial charge on any atom is 0.270 e. The van der Waals surface area contributed by atoms with Crippen LogP contribution in [0, 0.1) is 10.1 Å². The minimum Gasteiger partial charge on any atom is -0.496 e. The minimum absolute atomic E-state index is 0.00431. The summed E-state index contributed by atoms with van der Waals surface area (Å²) in [6.07, 6.45) is 0. The SMILES string of the molecule is COc1ccc([N+](=O)[O-])cc1CSc1nnc2n(C)c(=O)c3ccccc3n12. The van der Waals surface area contributed by atoms with Gasteiger partial charge in [-0.2, -0.15) is 0 Å². The molecule has 0 atom stereocenters. The van der Waals surface area contributed by atoms with E-state index in [0.29, 0.717) is 38.9 Å². The van der Waals surface area contributed by atoms with Crippen molar-refractivity contribution in [3.05, 3.63) is 68.5 Å².